The molecule has 1 rings (SSSR count). The van der Waals surface area contributed by atoms with Crippen molar-refractivity contribution in [3.8, 4) is 0 Å². The number of halogens is 1. The summed E-state index contributed by atoms with van der Waals surface area (Å²) in [7, 11) is 1.69. The van der Waals surface area contributed by atoms with Gasteiger partial charge >= 0.3 is 0 Å². The summed E-state index contributed by atoms with van der Waals surface area (Å²) in [6.45, 7) is 9.20. The van der Waals surface area contributed by atoms with Crippen LogP contribution in [0, 0.1) is 5.92 Å². The van der Waals surface area contributed by atoms with E-state index in [1.165, 1.54) is 18.9 Å². The first-order valence-electron chi connectivity index (χ1n) is 6.68. The van der Waals surface area contributed by atoms with E-state index in [0.29, 0.717) is 11.4 Å². The molecule has 0 aromatic rings. The van der Waals surface area contributed by atoms with Gasteiger partial charge in [0.15, 0.2) is 0 Å². The highest BCUT2D eigenvalue weighted by Gasteiger charge is 2.23. The van der Waals surface area contributed by atoms with Crippen LogP contribution < -0.4 is 0 Å². The maximum Gasteiger partial charge on any atom is 0.145 e. The van der Waals surface area contributed by atoms with E-state index >= 15 is 0 Å². The lowest BCUT2D eigenvalue weighted by atomic mass is 9.99. The lowest BCUT2D eigenvalue weighted by Gasteiger charge is -2.10. The highest BCUT2D eigenvalue weighted by molar-refractivity contribution is 6.23. The van der Waals surface area contributed by atoms with Gasteiger partial charge in [0.1, 0.15) is 11.5 Å². The molecule has 2 nitrogen and oxygen atoms in total. The van der Waals surface area contributed by atoms with Crippen LogP contribution in [0.3, 0.4) is 0 Å². The van der Waals surface area contributed by atoms with Crippen molar-refractivity contribution in [2.24, 2.45) is 15.9 Å². The summed E-state index contributed by atoms with van der Waals surface area (Å²) in [5.74, 6) is 0.424. The van der Waals surface area contributed by atoms with Gasteiger partial charge in [0.05, 0.1) is 0 Å². The second-order valence-corrected chi connectivity index (χ2v) is 5.06. The molecule has 0 aliphatic heterocycles. The van der Waals surface area contributed by atoms with E-state index in [4.69, 9.17) is 0 Å². The lowest BCUT2D eigenvalue weighted by molar-refractivity contribution is 0.679. The monoisotopic (exact) mass is 262 g/mol. The molecule has 0 bridgehead atoms. The zero-order valence-corrected chi connectivity index (χ0v) is 12.3. The molecule has 0 heterocycles. The summed E-state index contributed by atoms with van der Waals surface area (Å²) < 4.78 is 14.0. The molecule has 1 fully saturated rings. The van der Waals surface area contributed by atoms with Crippen molar-refractivity contribution in [2.75, 3.05) is 7.05 Å². The van der Waals surface area contributed by atoms with E-state index in [9.17, 15) is 4.39 Å². The molecule has 0 amide bonds. The third-order valence-corrected chi connectivity index (χ3v) is 3.05. The standard InChI is InChI=1S/C16H23FN2/c1-6-15(17)16(19-11(2)3)14(10-18-5)12(4)9-13-7-8-13/h6,10,13H,2,7-9H2,1,3-5H3/b14-12?,15-6+,18-10?,19-16?. The van der Waals surface area contributed by atoms with Crippen molar-refractivity contribution in [1.29, 1.82) is 0 Å². The average molecular weight is 262 g/mol. The third-order valence-electron chi connectivity index (χ3n) is 3.05. The molecule has 0 saturated heterocycles. The number of rotatable bonds is 6. The number of hydrogen-bond acceptors (Lipinski definition) is 2. The van der Waals surface area contributed by atoms with Gasteiger partial charge in [-0.3, -0.25) is 9.98 Å². The largest absolute Gasteiger partial charge is 0.296 e. The van der Waals surface area contributed by atoms with Crippen LogP contribution in [0.15, 0.2) is 45.3 Å². The minimum atomic E-state index is -0.326. The van der Waals surface area contributed by atoms with Crippen LogP contribution in [0.25, 0.3) is 0 Å². The highest BCUT2D eigenvalue weighted by Crippen LogP contribution is 2.36. The summed E-state index contributed by atoms with van der Waals surface area (Å²) >= 11 is 0. The molecule has 3 heteroatoms. The highest BCUT2D eigenvalue weighted by atomic mass is 19.1. The van der Waals surface area contributed by atoms with Crippen molar-refractivity contribution in [1.82, 2.24) is 0 Å². The SMILES string of the molecule is C=C(C)N=C(C(C=NC)=C(C)CC1CC1)/C(F)=C\C. The van der Waals surface area contributed by atoms with E-state index < -0.39 is 0 Å². The van der Waals surface area contributed by atoms with Gasteiger partial charge in [-0.25, -0.2) is 4.39 Å². The average Bonchev–Trinajstić information content (AvgIpc) is 3.16. The van der Waals surface area contributed by atoms with Gasteiger partial charge in [0.2, 0.25) is 0 Å². The maximum absolute atomic E-state index is 14.0. The number of aliphatic imine (C=N–C) groups is 2. The second-order valence-electron chi connectivity index (χ2n) is 5.06. The Morgan fingerprint density at radius 2 is 2.00 bits per heavy atom. The number of nitrogens with zero attached hydrogens (tertiary/aromatic N) is 2. The first-order chi connectivity index (χ1) is 8.99. The Bertz CT molecular complexity index is 463. The Morgan fingerprint density at radius 1 is 1.37 bits per heavy atom. The molecule has 0 radical (unpaired) electrons. The van der Waals surface area contributed by atoms with Gasteiger partial charge in [-0.05, 0) is 52.0 Å². The van der Waals surface area contributed by atoms with Gasteiger partial charge in [-0.1, -0.05) is 12.2 Å². The Hall–Kier alpha value is -1.51. The van der Waals surface area contributed by atoms with E-state index in [1.807, 2.05) is 6.92 Å². The van der Waals surface area contributed by atoms with Gasteiger partial charge in [0.25, 0.3) is 0 Å². The smallest absolute Gasteiger partial charge is 0.145 e. The zero-order chi connectivity index (χ0) is 14.4. The molecular weight excluding hydrogens is 239 g/mol. The predicted molar refractivity (Wildman–Crippen MR) is 81.6 cm³/mol. The van der Waals surface area contributed by atoms with E-state index in [0.717, 1.165) is 23.5 Å². The molecule has 0 unspecified atom stereocenters. The lowest BCUT2D eigenvalue weighted by Crippen LogP contribution is -2.09. The molecule has 0 N–H and O–H groups in total. The molecule has 1 aliphatic rings. The van der Waals surface area contributed by atoms with Crippen LogP contribution in [0.1, 0.15) is 40.0 Å². The number of hydrogen-bond donors (Lipinski definition) is 0. The van der Waals surface area contributed by atoms with Crippen molar-refractivity contribution in [2.45, 2.75) is 40.0 Å². The minimum Gasteiger partial charge on any atom is -0.296 e. The van der Waals surface area contributed by atoms with Crippen molar-refractivity contribution in [3.63, 3.8) is 0 Å². The molecule has 0 atom stereocenters. The summed E-state index contributed by atoms with van der Waals surface area (Å²) in [6, 6.07) is 0. The van der Waals surface area contributed by atoms with Crippen LogP contribution in [-0.4, -0.2) is 19.0 Å². The molecule has 0 spiro atoms. The third kappa shape index (κ3) is 4.93. The van der Waals surface area contributed by atoms with Crippen LogP contribution >= 0.6 is 0 Å². The molecule has 0 aromatic carbocycles. The minimum absolute atomic E-state index is 0.326. The first-order valence-corrected chi connectivity index (χ1v) is 6.68. The summed E-state index contributed by atoms with van der Waals surface area (Å²) in [5.41, 5.74) is 2.87. The van der Waals surface area contributed by atoms with Crippen LogP contribution in [0.5, 0.6) is 0 Å². The molecular formula is C16H23FN2. The van der Waals surface area contributed by atoms with E-state index in [2.05, 4.69) is 16.6 Å². The van der Waals surface area contributed by atoms with Crippen molar-refractivity contribution < 1.29 is 4.39 Å². The van der Waals surface area contributed by atoms with Gasteiger partial charge in [-0.2, -0.15) is 0 Å². The zero-order valence-electron chi connectivity index (χ0n) is 12.3. The molecule has 104 valence electrons. The molecule has 1 saturated carbocycles. The summed E-state index contributed by atoms with van der Waals surface area (Å²) in [6.07, 6.45) is 6.66. The van der Waals surface area contributed by atoms with Crippen LogP contribution in [0.2, 0.25) is 0 Å². The van der Waals surface area contributed by atoms with Gasteiger partial charge in [-0.15, -0.1) is 0 Å². The number of allylic oxidation sites excluding steroid dienone is 5. The van der Waals surface area contributed by atoms with Crippen LogP contribution in [0.4, 0.5) is 4.39 Å². The Balaban J connectivity index is 3.21. The van der Waals surface area contributed by atoms with E-state index in [1.54, 1.807) is 27.1 Å². The second kappa shape index (κ2) is 7.17. The normalized spacial score (nSPS) is 18.8. The molecule has 0 aromatic heterocycles. The Labute approximate surface area is 115 Å². The topological polar surface area (TPSA) is 24.7 Å². The Morgan fingerprint density at radius 3 is 2.42 bits per heavy atom. The summed E-state index contributed by atoms with van der Waals surface area (Å²) in [4.78, 5) is 8.29. The maximum atomic E-state index is 14.0. The molecule has 19 heavy (non-hydrogen) atoms. The quantitative estimate of drug-likeness (QED) is 0.622. The van der Waals surface area contributed by atoms with Crippen molar-refractivity contribution in [3.05, 3.63) is 35.3 Å². The Kier molecular flexibility index (Phi) is 5.87. The fourth-order valence-corrected chi connectivity index (χ4v) is 1.94. The van der Waals surface area contributed by atoms with Crippen molar-refractivity contribution >= 4 is 11.9 Å². The first kappa shape index (κ1) is 15.5. The van der Waals surface area contributed by atoms with Gasteiger partial charge < -0.3 is 0 Å². The van der Waals surface area contributed by atoms with Gasteiger partial charge in [0, 0.05) is 24.5 Å². The predicted octanol–water partition coefficient (Wildman–Crippen LogP) is 4.65. The fraction of sp³-hybridized carbons (Fsp3) is 0.500. The van der Waals surface area contributed by atoms with E-state index in [-0.39, 0.29) is 5.83 Å². The summed E-state index contributed by atoms with van der Waals surface area (Å²) in [5, 5.41) is 0. The van der Waals surface area contributed by atoms with Crippen LogP contribution in [-0.2, 0) is 0 Å². The molecule has 1 aliphatic carbocycles. The fourth-order valence-electron chi connectivity index (χ4n) is 1.94.